The van der Waals surface area contributed by atoms with Crippen LogP contribution >= 0.6 is 0 Å². The number of nitrogens with one attached hydrogen (secondary N) is 1. The fourth-order valence-corrected chi connectivity index (χ4v) is 1.90. The summed E-state index contributed by atoms with van der Waals surface area (Å²) in [7, 11) is 0. The van der Waals surface area contributed by atoms with Crippen molar-refractivity contribution < 1.29 is 4.74 Å². The number of nitrogens with two attached hydrogens (primary N) is 1. The maximum Gasteiger partial charge on any atom is 0.193 e. The van der Waals surface area contributed by atoms with Crippen molar-refractivity contribution in [2.24, 2.45) is 10.7 Å². The van der Waals surface area contributed by atoms with Gasteiger partial charge in [0.25, 0.3) is 0 Å². The quantitative estimate of drug-likeness (QED) is 0.436. The van der Waals surface area contributed by atoms with Gasteiger partial charge in [-0.3, -0.25) is 4.99 Å². The first kappa shape index (κ1) is 17.5. The van der Waals surface area contributed by atoms with Gasteiger partial charge in [0, 0.05) is 18.8 Å². The van der Waals surface area contributed by atoms with Crippen LogP contribution in [0.15, 0.2) is 29.3 Å². The third-order valence-electron chi connectivity index (χ3n) is 3.11. The predicted octanol–water partition coefficient (Wildman–Crippen LogP) is 3.74. The van der Waals surface area contributed by atoms with E-state index in [0.717, 1.165) is 31.7 Å². The highest BCUT2D eigenvalue weighted by Crippen LogP contribution is 2.18. The molecule has 0 amide bonds. The Balaban J connectivity index is 2.33. The molecule has 4 nitrogen and oxygen atoms in total. The summed E-state index contributed by atoms with van der Waals surface area (Å²) in [4.78, 5) is 4.34. The minimum Gasteiger partial charge on any atom is -0.379 e. The van der Waals surface area contributed by atoms with E-state index in [4.69, 9.17) is 10.5 Å². The molecule has 0 aliphatic carbocycles. The van der Waals surface area contributed by atoms with Gasteiger partial charge in [-0.1, -0.05) is 26.0 Å². The molecule has 118 valence electrons. The lowest BCUT2D eigenvalue weighted by atomic mass is 10.0. The molecule has 0 aliphatic heterocycles. The average molecular weight is 291 g/mol. The van der Waals surface area contributed by atoms with Crippen molar-refractivity contribution >= 4 is 11.6 Å². The van der Waals surface area contributed by atoms with Crippen LogP contribution < -0.4 is 11.1 Å². The highest BCUT2D eigenvalue weighted by atomic mass is 16.5. The van der Waals surface area contributed by atoms with Gasteiger partial charge in [-0.15, -0.1) is 0 Å². The van der Waals surface area contributed by atoms with Gasteiger partial charge in [0.2, 0.25) is 0 Å². The lowest BCUT2D eigenvalue weighted by Gasteiger charge is -2.10. The minimum atomic E-state index is 0.300. The van der Waals surface area contributed by atoms with Gasteiger partial charge >= 0.3 is 0 Å². The molecule has 0 spiro atoms. The summed E-state index contributed by atoms with van der Waals surface area (Å²) in [6, 6.07) is 8.28. The number of benzene rings is 1. The first-order chi connectivity index (χ1) is 9.99. The van der Waals surface area contributed by atoms with Gasteiger partial charge in [0.1, 0.15) is 0 Å². The lowest BCUT2D eigenvalue weighted by molar-refractivity contribution is 0.0764. The van der Waals surface area contributed by atoms with Crippen LogP contribution in [0.2, 0.25) is 0 Å². The van der Waals surface area contributed by atoms with E-state index >= 15 is 0 Å². The van der Waals surface area contributed by atoms with Crippen molar-refractivity contribution in [1.82, 2.24) is 0 Å². The third-order valence-corrected chi connectivity index (χ3v) is 3.11. The second kappa shape index (κ2) is 9.40. The molecule has 1 aromatic carbocycles. The molecule has 1 aromatic rings. The largest absolute Gasteiger partial charge is 0.379 e. The fourth-order valence-electron chi connectivity index (χ4n) is 1.90. The van der Waals surface area contributed by atoms with Crippen LogP contribution in [0, 0.1) is 0 Å². The van der Waals surface area contributed by atoms with E-state index in [1.165, 1.54) is 5.56 Å². The molecule has 0 radical (unpaired) electrons. The number of anilines is 1. The van der Waals surface area contributed by atoms with Gasteiger partial charge in [-0.05, 0) is 50.3 Å². The number of hydrogen-bond acceptors (Lipinski definition) is 2. The lowest BCUT2D eigenvalue weighted by Crippen LogP contribution is -2.23. The first-order valence-electron chi connectivity index (χ1n) is 7.77. The number of unbranched alkanes of at least 4 members (excludes halogenated alkanes) is 1. The molecule has 3 N–H and O–H groups in total. The van der Waals surface area contributed by atoms with E-state index in [2.05, 4.69) is 36.3 Å². The zero-order valence-electron chi connectivity index (χ0n) is 13.7. The molecule has 0 aromatic heterocycles. The van der Waals surface area contributed by atoms with Crippen LogP contribution in [-0.4, -0.2) is 25.2 Å². The smallest absolute Gasteiger partial charge is 0.193 e. The molecule has 4 heteroatoms. The van der Waals surface area contributed by atoms with E-state index in [0.29, 0.717) is 18.0 Å². The fraction of sp³-hybridized carbons (Fsp3) is 0.588. The Morgan fingerprint density at radius 2 is 2.00 bits per heavy atom. The predicted molar refractivity (Wildman–Crippen MR) is 91.0 cm³/mol. The summed E-state index contributed by atoms with van der Waals surface area (Å²) in [6.07, 6.45) is 2.30. The number of hydrogen-bond donors (Lipinski definition) is 2. The summed E-state index contributed by atoms with van der Waals surface area (Å²) in [6.45, 7) is 9.96. The van der Waals surface area contributed by atoms with Gasteiger partial charge in [0.15, 0.2) is 5.96 Å². The minimum absolute atomic E-state index is 0.300. The summed E-state index contributed by atoms with van der Waals surface area (Å²) in [5, 5.41) is 3.14. The zero-order chi connectivity index (χ0) is 15.7. The van der Waals surface area contributed by atoms with Crippen molar-refractivity contribution in [2.75, 3.05) is 18.5 Å². The van der Waals surface area contributed by atoms with Crippen molar-refractivity contribution in [3.63, 3.8) is 0 Å². The van der Waals surface area contributed by atoms with Gasteiger partial charge < -0.3 is 15.8 Å². The average Bonchev–Trinajstić information content (AvgIpc) is 2.42. The Kier molecular flexibility index (Phi) is 7.83. The Morgan fingerprint density at radius 3 is 2.67 bits per heavy atom. The molecule has 1 rings (SSSR count). The normalized spacial score (nSPS) is 12.2. The Labute approximate surface area is 128 Å². The molecular formula is C17H29N3O. The summed E-state index contributed by atoms with van der Waals surface area (Å²) in [5.41, 5.74) is 8.18. The van der Waals surface area contributed by atoms with Crippen LogP contribution in [-0.2, 0) is 4.74 Å². The second-order valence-electron chi connectivity index (χ2n) is 5.80. The van der Waals surface area contributed by atoms with Gasteiger partial charge in [-0.2, -0.15) is 0 Å². The molecular weight excluding hydrogens is 262 g/mol. The zero-order valence-corrected chi connectivity index (χ0v) is 13.7. The maximum absolute atomic E-state index is 5.90. The van der Waals surface area contributed by atoms with Crippen LogP contribution in [0.3, 0.4) is 0 Å². The Hall–Kier alpha value is -1.55. The number of aliphatic imine (C=N–C) groups is 1. The Morgan fingerprint density at radius 1 is 1.24 bits per heavy atom. The second-order valence-corrected chi connectivity index (χ2v) is 5.80. The first-order valence-corrected chi connectivity index (χ1v) is 7.77. The Bertz CT molecular complexity index is 441. The van der Waals surface area contributed by atoms with Crippen LogP contribution in [0.5, 0.6) is 0 Å². The van der Waals surface area contributed by atoms with Gasteiger partial charge in [0.05, 0.1) is 6.10 Å². The maximum atomic E-state index is 5.90. The van der Waals surface area contributed by atoms with Crippen molar-refractivity contribution in [3.05, 3.63) is 29.8 Å². The molecule has 0 saturated carbocycles. The highest BCUT2D eigenvalue weighted by molar-refractivity contribution is 5.92. The van der Waals surface area contributed by atoms with E-state index in [1.54, 1.807) is 0 Å². The summed E-state index contributed by atoms with van der Waals surface area (Å²) < 4.78 is 5.48. The van der Waals surface area contributed by atoms with Crippen molar-refractivity contribution in [3.8, 4) is 0 Å². The number of ether oxygens (including phenoxy) is 1. The molecule has 0 atom stereocenters. The molecule has 0 unspecified atom stereocenters. The number of nitrogens with zero attached hydrogens (tertiary/aromatic N) is 1. The van der Waals surface area contributed by atoms with Crippen molar-refractivity contribution in [1.29, 1.82) is 0 Å². The van der Waals surface area contributed by atoms with E-state index in [9.17, 15) is 0 Å². The number of guanidine groups is 1. The highest BCUT2D eigenvalue weighted by Gasteiger charge is 2.01. The molecule has 21 heavy (non-hydrogen) atoms. The SMILES string of the molecule is CC(C)OCCCCN=C(N)Nc1cccc(C(C)C)c1. The summed E-state index contributed by atoms with van der Waals surface area (Å²) >= 11 is 0. The van der Waals surface area contributed by atoms with Crippen molar-refractivity contribution in [2.45, 2.75) is 52.6 Å². The topological polar surface area (TPSA) is 59.6 Å². The van der Waals surface area contributed by atoms with Crippen LogP contribution in [0.1, 0.15) is 52.0 Å². The molecule has 0 bridgehead atoms. The molecule has 0 heterocycles. The van der Waals surface area contributed by atoms with E-state index < -0.39 is 0 Å². The van der Waals surface area contributed by atoms with Crippen LogP contribution in [0.25, 0.3) is 0 Å². The molecule has 0 fully saturated rings. The molecule has 0 saturated heterocycles. The van der Waals surface area contributed by atoms with E-state index in [1.807, 2.05) is 26.0 Å². The standard InChI is InChI=1S/C17H29N3O/c1-13(2)15-8-7-9-16(12-15)20-17(18)19-10-5-6-11-21-14(3)4/h7-9,12-14H,5-6,10-11H2,1-4H3,(H3,18,19,20). The monoisotopic (exact) mass is 291 g/mol. The van der Waals surface area contributed by atoms with Crippen LogP contribution in [0.4, 0.5) is 5.69 Å². The van der Waals surface area contributed by atoms with E-state index in [-0.39, 0.29) is 0 Å². The third kappa shape index (κ3) is 7.71. The molecule has 0 aliphatic rings. The summed E-state index contributed by atoms with van der Waals surface area (Å²) in [5.74, 6) is 0.978. The van der Waals surface area contributed by atoms with Gasteiger partial charge in [-0.25, -0.2) is 0 Å². The number of rotatable bonds is 8.